The molecule has 0 aliphatic carbocycles. The van der Waals surface area contributed by atoms with E-state index in [4.69, 9.17) is 0 Å². The maximum Gasteiger partial charge on any atom is 0.224 e. The number of hydrogen-bond donors (Lipinski definition) is 1. The number of rotatable bonds is 4. The van der Waals surface area contributed by atoms with Crippen molar-refractivity contribution in [1.82, 2.24) is 19.8 Å². The number of likely N-dealkylation sites (N-methyl/N-ethyl adjacent to an activating group) is 1. The van der Waals surface area contributed by atoms with Crippen molar-refractivity contribution in [3.8, 4) is 0 Å². The number of para-hydroxylation sites is 2. The van der Waals surface area contributed by atoms with Gasteiger partial charge in [0.25, 0.3) is 0 Å². The van der Waals surface area contributed by atoms with E-state index in [0.29, 0.717) is 19.0 Å². The van der Waals surface area contributed by atoms with Crippen LogP contribution in [0.25, 0.3) is 11.0 Å². The molecule has 0 bridgehead atoms. The second-order valence-electron chi connectivity index (χ2n) is 5.33. The van der Waals surface area contributed by atoms with Crippen LogP contribution in [0.5, 0.6) is 0 Å². The van der Waals surface area contributed by atoms with E-state index in [0.717, 1.165) is 30.5 Å². The second-order valence-corrected chi connectivity index (χ2v) is 5.33. The van der Waals surface area contributed by atoms with Gasteiger partial charge in [0, 0.05) is 32.6 Å². The largest absolute Gasteiger partial charge is 0.341 e. The minimum Gasteiger partial charge on any atom is -0.341 e. The van der Waals surface area contributed by atoms with E-state index in [1.807, 2.05) is 47.1 Å². The Hall–Kier alpha value is -1.88. The second kappa shape index (κ2) is 5.63. The number of hydrogen-bond acceptors (Lipinski definition) is 3. The Labute approximate surface area is 118 Å². The number of carbonyl (C=O) groups is 1. The van der Waals surface area contributed by atoms with Gasteiger partial charge in [-0.3, -0.25) is 4.79 Å². The van der Waals surface area contributed by atoms with Crippen molar-refractivity contribution in [3.05, 3.63) is 30.6 Å². The number of aryl methyl sites for hydroxylation is 1. The fourth-order valence-corrected chi connectivity index (χ4v) is 2.75. The molecule has 1 aliphatic heterocycles. The van der Waals surface area contributed by atoms with E-state index in [1.165, 1.54) is 0 Å². The van der Waals surface area contributed by atoms with E-state index in [-0.39, 0.29) is 5.91 Å². The van der Waals surface area contributed by atoms with Gasteiger partial charge in [0.1, 0.15) is 0 Å². The first-order valence-electron chi connectivity index (χ1n) is 7.12. The lowest BCUT2D eigenvalue weighted by Gasteiger charge is -2.23. The van der Waals surface area contributed by atoms with Crippen LogP contribution in [-0.4, -0.2) is 46.5 Å². The van der Waals surface area contributed by atoms with Crippen molar-refractivity contribution in [2.75, 3.05) is 20.1 Å². The summed E-state index contributed by atoms with van der Waals surface area (Å²) in [6, 6.07) is 8.35. The molecule has 1 aromatic carbocycles. The molecule has 106 valence electrons. The van der Waals surface area contributed by atoms with Crippen molar-refractivity contribution in [2.24, 2.45) is 0 Å². The van der Waals surface area contributed by atoms with Gasteiger partial charge in [-0.2, -0.15) is 0 Å². The highest BCUT2D eigenvalue weighted by molar-refractivity contribution is 5.77. The summed E-state index contributed by atoms with van der Waals surface area (Å²) >= 11 is 0. The standard InChI is InChI=1S/C15H20N4O/c1-18(12-6-8-16-10-12)15(20)7-9-19-11-17-13-4-2-3-5-14(13)19/h2-5,11-12,16H,6-10H2,1H3. The Morgan fingerprint density at radius 2 is 2.35 bits per heavy atom. The number of imidazole rings is 1. The zero-order valence-electron chi connectivity index (χ0n) is 11.7. The molecule has 1 unspecified atom stereocenters. The molecular formula is C15H20N4O. The van der Waals surface area contributed by atoms with Gasteiger partial charge < -0.3 is 14.8 Å². The summed E-state index contributed by atoms with van der Waals surface area (Å²) < 4.78 is 2.05. The Balaban J connectivity index is 1.62. The SMILES string of the molecule is CN(C(=O)CCn1cnc2ccccc21)C1CCNC1. The van der Waals surface area contributed by atoms with Gasteiger partial charge in [-0.15, -0.1) is 0 Å². The third-order valence-corrected chi connectivity index (χ3v) is 4.07. The van der Waals surface area contributed by atoms with E-state index in [9.17, 15) is 4.79 Å². The summed E-state index contributed by atoms with van der Waals surface area (Å²) in [6.07, 6.45) is 3.39. The van der Waals surface area contributed by atoms with Gasteiger partial charge in [-0.1, -0.05) is 12.1 Å². The zero-order valence-corrected chi connectivity index (χ0v) is 11.7. The minimum absolute atomic E-state index is 0.205. The fraction of sp³-hybridized carbons (Fsp3) is 0.467. The van der Waals surface area contributed by atoms with Crippen LogP contribution in [0.15, 0.2) is 30.6 Å². The first-order valence-corrected chi connectivity index (χ1v) is 7.12. The first-order chi connectivity index (χ1) is 9.75. The third kappa shape index (κ3) is 2.54. The summed E-state index contributed by atoms with van der Waals surface area (Å²) in [4.78, 5) is 18.5. The van der Waals surface area contributed by atoms with Crippen LogP contribution < -0.4 is 5.32 Å². The molecule has 2 aromatic rings. The summed E-state index contributed by atoms with van der Waals surface area (Å²) in [5.74, 6) is 0.205. The molecule has 1 fully saturated rings. The highest BCUT2D eigenvalue weighted by atomic mass is 16.2. The van der Waals surface area contributed by atoms with Gasteiger partial charge in [0.15, 0.2) is 0 Å². The summed E-state index contributed by atoms with van der Waals surface area (Å²) in [7, 11) is 1.91. The van der Waals surface area contributed by atoms with E-state index in [1.54, 1.807) is 0 Å². The summed E-state index contributed by atoms with van der Waals surface area (Å²) in [6.45, 7) is 2.61. The number of amides is 1. The number of nitrogens with one attached hydrogen (secondary N) is 1. The number of carbonyl (C=O) groups excluding carboxylic acids is 1. The van der Waals surface area contributed by atoms with Crippen molar-refractivity contribution in [1.29, 1.82) is 0 Å². The van der Waals surface area contributed by atoms with Crippen LogP contribution in [0.4, 0.5) is 0 Å². The van der Waals surface area contributed by atoms with Crippen LogP contribution >= 0.6 is 0 Å². The third-order valence-electron chi connectivity index (χ3n) is 4.07. The van der Waals surface area contributed by atoms with Crippen molar-refractivity contribution in [3.63, 3.8) is 0 Å². The molecule has 3 rings (SSSR count). The van der Waals surface area contributed by atoms with Crippen LogP contribution in [0.2, 0.25) is 0 Å². The van der Waals surface area contributed by atoms with E-state index in [2.05, 4.69) is 10.3 Å². The van der Waals surface area contributed by atoms with Crippen molar-refractivity contribution in [2.45, 2.75) is 25.4 Å². The Morgan fingerprint density at radius 1 is 1.50 bits per heavy atom. The maximum atomic E-state index is 12.2. The summed E-state index contributed by atoms with van der Waals surface area (Å²) in [5, 5.41) is 3.29. The molecule has 5 nitrogen and oxygen atoms in total. The number of fused-ring (bicyclic) bond motifs is 1. The molecule has 1 saturated heterocycles. The Bertz CT molecular complexity index is 601. The smallest absolute Gasteiger partial charge is 0.224 e. The minimum atomic E-state index is 0.205. The highest BCUT2D eigenvalue weighted by Gasteiger charge is 2.22. The average Bonchev–Trinajstić information content (AvgIpc) is 3.13. The lowest BCUT2D eigenvalue weighted by Crippen LogP contribution is -2.38. The monoisotopic (exact) mass is 272 g/mol. The van der Waals surface area contributed by atoms with Gasteiger partial charge in [-0.05, 0) is 25.1 Å². The quantitative estimate of drug-likeness (QED) is 0.911. The molecule has 1 atom stereocenters. The van der Waals surface area contributed by atoms with Gasteiger partial charge >= 0.3 is 0 Å². The molecular weight excluding hydrogens is 252 g/mol. The normalized spacial score (nSPS) is 18.6. The topological polar surface area (TPSA) is 50.2 Å². The number of aromatic nitrogens is 2. The van der Waals surface area contributed by atoms with Gasteiger partial charge in [-0.25, -0.2) is 4.98 Å². The predicted molar refractivity (Wildman–Crippen MR) is 78.4 cm³/mol. The van der Waals surface area contributed by atoms with Gasteiger partial charge in [0.2, 0.25) is 5.91 Å². The average molecular weight is 272 g/mol. The highest BCUT2D eigenvalue weighted by Crippen LogP contribution is 2.13. The maximum absolute atomic E-state index is 12.2. The van der Waals surface area contributed by atoms with E-state index < -0.39 is 0 Å². The van der Waals surface area contributed by atoms with E-state index >= 15 is 0 Å². The van der Waals surface area contributed by atoms with Crippen LogP contribution in [0, 0.1) is 0 Å². The van der Waals surface area contributed by atoms with Gasteiger partial charge in [0.05, 0.1) is 17.4 Å². The molecule has 1 aliphatic rings. The number of nitrogens with zero attached hydrogens (tertiary/aromatic N) is 3. The lowest BCUT2D eigenvalue weighted by molar-refractivity contribution is -0.131. The lowest BCUT2D eigenvalue weighted by atomic mass is 10.2. The molecule has 1 amide bonds. The Morgan fingerprint density at radius 3 is 3.15 bits per heavy atom. The molecule has 1 aromatic heterocycles. The molecule has 0 saturated carbocycles. The summed E-state index contributed by atoms with van der Waals surface area (Å²) in [5.41, 5.74) is 2.07. The molecule has 0 spiro atoms. The van der Waals surface area contributed by atoms with Crippen LogP contribution in [0.1, 0.15) is 12.8 Å². The number of benzene rings is 1. The predicted octanol–water partition coefficient (Wildman–Crippen LogP) is 1.25. The molecule has 20 heavy (non-hydrogen) atoms. The van der Waals surface area contributed by atoms with Crippen molar-refractivity contribution >= 4 is 16.9 Å². The zero-order chi connectivity index (χ0) is 13.9. The van der Waals surface area contributed by atoms with Crippen LogP contribution in [-0.2, 0) is 11.3 Å². The van der Waals surface area contributed by atoms with Crippen LogP contribution in [0.3, 0.4) is 0 Å². The Kier molecular flexibility index (Phi) is 3.69. The first kappa shape index (κ1) is 13.1. The molecule has 0 radical (unpaired) electrons. The molecule has 5 heteroatoms. The molecule has 2 heterocycles. The molecule has 1 N–H and O–H groups in total. The fourth-order valence-electron chi connectivity index (χ4n) is 2.75. The van der Waals surface area contributed by atoms with Crippen molar-refractivity contribution < 1.29 is 4.79 Å².